The van der Waals surface area contributed by atoms with Crippen LogP contribution in [0.2, 0.25) is 0 Å². The van der Waals surface area contributed by atoms with Crippen molar-refractivity contribution in [3.63, 3.8) is 0 Å². The average molecular weight is 355 g/mol. The maximum atomic E-state index is 14.5. The summed E-state index contributed by atoms with van der Waals surface area (Å²) in [6.07, 6.45) is 5.66. The van der Waals surface area contributed by atoms with Gasteiger partial charge >= 0.3 is 0 Å². The van der Waals surface area contributed by atoms with E-state index in [0.717, 1.165) is 31.2 Å². The fourth-order valence-electron chi connectivity index (χ4n) is 4.45. The molecule has 0 heterocycles. The van der Waals surface area contributed by atoms with Crippen LogP contribution in [0.25, 0.3) is 0 Å². The normalized spacial score (nSPS) is 19.3. The zero-order valence-electron chi connectivity index (χ0n) is 15.9. The van der Waals surface area contributed by atoms with Gasteiger partial charge in [0.15, 0.2) is 0 Å². The molecular formula is C23H30FNO. The Morgan fingerprint density at radius 1 is 0.962 bits per heavy atom. The predicted molar refractivity (Wildman–Crippen MR) is 105 cm³/mol. The van der Waals surface area contributed by atoms with Crippen molar-refractivity contribution in [2.75, 3.05) is 14.1 Å². The van der Waals surface area contributed by atoms with Crippen LogP contribution in [0.1, 0.15) is 61.6 Å². The third-order valence-corrected chi connectivity index (χ3v) is 5.92. The van der Waals surface area contributed by atoms with E-state index in [0.29, 0.717) is 12.0 Å². The summed E-state index contributed by atoms with van der Waals surface area (Å²) in [5.41, 5.74) is 1.15. The Balaban J connectivity index is 1.97. The van der Waals surface area contributed by atoms with E-state index in [9.17, 15) is 9.50 Å². The molecule has 1 fully saturated rings. The minimum absolute atomic E-state index is 0.00370. The van der Waals surface area contributed by atoms with Gasteiger partial charge in [-0.1, -0.05) is 67.8 Å². The molecule has 2 aromatic carbocycles. The highest BCUT2D eigenvalue weighted by atomic mass is 19.1. The summed E-state index contributed by atoms with van der Waals surface area (Å²) in [7, 11) is 3.98. The predicted octanol–water partition coefficient (Wildman–Crippen LogP) is 5.30. The summed E-state index contributed by atoms with van der Waals surface area (Å²) in [4.78, 5) is 2.07. The first-order valence-electron chi connectivity index (χ1n) is 9.69. The first kappa shape index (κ1) is 19.1. The molecule has 0 aromatic heterocycles. The van der Waals surface area contributed by atoms with E-state index in [4.69, 9.17) is 0 Å². The quantitative estimate of drug-likeness (QED) is 0.760. The Morgan fingerprint density at radius 2 is 1.58 bits per heavy atom. The van der Waals surface area contributed by atoms with Crippen LogP contribution in [-0.4, -0.2) is 29.7 Å². The number of benzene rings is 2. The first-order valence-corrected chi connectivity index (χ1v) is 9.69. The van der Waals surface area contributed by atoms with Crippen LogP contribution in [0.4, 0.5) is 4.39 Å². The van der Waals surface area contributed by atoms with Gasteiger partial charge in [0.1, 0.15) is 5.82 Å². The van der Waals surface area contributed by atoms with Crippen molar-refractivity contribution < 1.29 is 9.50 Å². The largest absolute Gasteiger partial charge is 0.389 e. The molecule has 0 amide bonds. The van der Waals surface area contributed by atoms with Crippen LogP contribution in [0.15, 0.2) is 54.6 Å². The lowest BCUT2D eigenvalue weighted by Crippen LogP contribution is -2.40. The van der Waals surface area contributed by atoms with Gasteiger partial charge in [-0.25, -0.2) is 4.39 Å². The molecule has 1 N–H and O–H groups in total. The topological polar surface area (TPSA) is 23.5 Å². The number of rotatable bonds is 6. The third-order valence-electron chi connectivity index (χ3n) is 5.92. The minimum Gasteiger partial charge on any atom is -0.389 e. The molecule has 26 heavy (non-hydrogen) atoms. The van der Waals surface area contributed by atoms with Crippen molar-refractivity contribution >= 4 is 0 Å². The van der Waals surface area contributed by atoms with Crippen molar-refractivity contribution in [1.29, 1.82) is 0 Å². The molecule has 3 rings (SSSR count). The van der Waals surface area contributed by atoms with Gasteiger partial charge in [-0.05, 0) is 45.0 Å². The average Bonchev–Trinajstić information content (AvgIpc) is 2.64. The van der Waals surface area contributed by atoms with Crippen molar-refractivity contribution in [3.05, 3.63) is 71.5 Å². The molecule has 0 radical (unpaired) electrons. The summed E-state index contributed by atoms with van der Waals surface area (Å²) in [5, 5.41) is 11.5. The molecule has 140 valence electrons. The molecular weight excluding hydrogens is 325 g/mol. The summed E-state index contributed by atoms with van der Waals surface area (Å²) >= 11 is 0. The number of hydrogen-bond acceptors (Lipinski definition) is 2. The number of hydrogen-bond donors (Lipinski definition) is 1. The minimum atomic E-state index is -0.709. The van der Waals surface area contributed by atoms with E-state index in [-0.39, 0.29) is 17.8 Å². The summed E-state index contributed by atoms with van der Waals surface area (Å²) < 4.78 is 14.5. The molecule has 1 aliphatic rings. The standard InChI is InChI=1S/C23H30FNO/c1-25(2)22(19-13-7-8-14-21(19)24)17-20(18-11-5-3-6-12-18)23(26)15-9-4-10-16-23/h3,5-8,11-14,20,22,26H,4,9-10,15-17H2,1-2H3. The Bertz CT molecular complexity index is 694. The highest BCUT2D eigenvalue weighted by Gasteiger charge is 2.40. The van der Waals surface area contributed by atoms with Gasteiger partial charge in [0, 0.05) is 17.5 Å². The Hall–Kier alpha value is -1.71. The first-order chi connectivity index (χ1) is 12.5. The summed E-state index contributed by atoms with van der Waals surface area (Å²) in [6, 6.07) is 17.2. The van der Waals surface area contributed by atoms with Crippen molar-refractivity contribution in [2.45, 2.75) is 56.1 Å². The van der Waals surface area contributed by atoms with Crippen LogP contribution in [0, 0.1) is 5.82 Å². The molecule has 1 saturated carbocycles. The number of aliphatic hydroxyl groups is 1. The van der Waals surface area contributed by atoms with Gasteiger partial charge in [0.2, 0.25) is 0 Å². The lowest BCUT2D eigenvalue weighted by Gasteiger charge is -2.42. The van der Waals surface area contributed by atoms with Crippen molar-refractivity contribution in [3.8, 4) is 0 Å². The third kappa shape index (κ3) is 4.16. The second kappa shape index (κ2) is 8.32. The highest BCUT2D eigenvalue weighted by Crippen LogP contribution is 2.45. The molecule has 2 nitrogen and oxygen atoms in total. The number of halogens is 1. The maximum absolute atomic E-state index is 14.5. The smallest absolute Gasteiger partial charge is 0.127 e. The van der Waals surface area contributed by atoms with Gasteiger partial charge in [0.05, 0.1) is 5.60 Å². The molecule has 2 aromatic rings. The Labute approximate surface area is 156 Å². The van der Waals surface area contributed by atoms with Gasteiger partial charge in [-0.15, -0.1) is 0 Å². The second-order valence-corrected chi connectivity index (χ2v) is 7.86. The van der Waals surface area contributed by atoms with Crippen LogP contribution < -0.4 is 0 Å². The molecule has 0 aliphatic heterocycles. The summed E-state index contributed by atoms with van der Waals surface area (Å²) in [6.45, 7) is 0. The van der Waals surface area contributed by atoms with Crippen LogP contribution in [-0.2, 0) is 0 Å². The van der Waals surface area contributed by atoms with Gasteiger partial charge in [-0.2, -0.15) is 0 Å². The molecule has 2 atom stereocenters. The molecule has 2 unspecified atom stereocenters. The summed E-state index contributed by atoms with van der Waals surface area (Å²) in [5.74, 6) is -0.176. The van der Waals surface area contributed by atoms with Gasteiger partial charge in [-0.3, -0.25) is 0 Å². The highest BCUT2D eigenvalue weighted by molar-refractivity contribution is 5.27. The van der Waals surface area contributed by atoms with Crippen LogP contribution in [0.3, 0.4) is 0 Å². The van der Waals surface area contributed by atoms with Gasteiger partial charge < -0.3 is 10.0 Å². The maximum Gasteiger partial charge on any atom is 0.127 e. The Morgan fingerprint density at radius 3 is 2.19 bits per heavy atom. The van der Waals surface area contributed by atoms with E-state index in [2.05, 4.69) is 17.0 Å². The van der Waals surface area contributed by atoms with E-state index in [1.165, 1.54) is 12.5 Å². The molecule has 3 heteroatoms. The molecule has 0 spiro atoms. The van der Waals surface area contributed by atoms with Crippen LogP contribution >= 0.6 is 0 Å². The SMILES string of the molecule is CN(C)C(CC(c1ccccc1)C1(O)CCCCC1)c1ccccc1F. The monoisotopic (exact) mass is 355 g/mol. The van der Waals surface area contributed by atoms with Crippen molar-refractivity contribution in [1.82, 2.24) is 4.90 Å². The van der Waals surface area contributed by atoms with E-state index >= 15 is 0 Å². The fraction of sp³-hybridized carbons (Fsp3) is 0.478. The zero-order valence-corrected chi connectivity index (χ0v) is 15.9. The lowest BCUT2D eigenvalue weighted by atomic mass is 9.70. The second-order valence-electron chi connectivity index (χ2n) is 7.86. The van der Waals surface area contributed by atoms with Crippen LogP contribution in [0.5, 0.6) is 0 Å². The fourth-order valence-corrected chi connectivity index (χ4v) is 4.45. The lowest BCUT2D eigenvalue weighted by molar-refractivity contribution is -0.0299. The van der Waals surface area contributed by atoms with Gasteiger partial charge in [0.25, 0.3) is 0 Å². The van der Waals surface area contributed by atoms with E-state index in [1.807, 2.05) is 44.4 Å². The van der Waals surface area contributed by atoms with Crippen molar-refractivity contribution in [2.24, 2.45) is 0 Å². The zero-order chi connectivity index (χ0) is 18.6. The molecule has 0 saturated heterocycles. The molecule has 1 aliphatic carbocycles. The molecule has 0 bridgehead atoms. The van der Waals surface area contributed by atoms with E-state index < -0.39 is 5.60 Å². The number of nitrogens with zero attached hydrogens (tertiary/aromatic N) is 1. The Kier molecular flexibility index (Phi) is 6.10. The van der Waals surface area contributed by atoms with E-state index in [1.54, 1.807) is 6.07 Å².